The van der Waals surface area contributed by atoms with Crippen molar-refractivity contribution < 1.29 is 9.53 Å². The van der Waals surface area contributed by atoms with Crippen LogP contribution in [-0.2, 0) is 4.79 Å². The van der Waals surface area contributed by atoms with Crippen LogP contribution in [0.25, 0.3) is 0 Å². The lowest BCUT2D eigenvalue weighted by molar-refractivity contribution is -0.130. The van der Waals surface area contributed by atoms with Gasteiger partial charge in [-0.25, -0.2) is 0 Å². The van der Waals surface area contributed by atoms with E-state index in [4.69, 9.17) is 4.74 Å². The normalized spacial score (nSPS) is 13.8. The first kappa shape index (κ1) is 16.0. The highest BCUT2D eigenvalue weighted by Crippen LogP contribution is 2.28. The van der Waals surface area contributed by atoms with E-state index in [1.54, 1.807) is 26.1 Å². The second-order valence-electron chi connectivity index (χ2n) is 4.74. The molecule has 0 aliphatic rings. The standard InChI is InChI=1S/C14H21BrN2O2/c1-9(16-10(2)14(18)17(3)4)11-6-7-13(19-5)12(15)8-11/h6-10,16H,1-5H3/t9-,10-/m1/s1. The molecule has 4 nitrogen and oxygen atoms in total. The van der Waals surface area contributed by atoms with E-state index in [1.165, 1.54) is 0 Å². The van der Waals surface area contributed by atoms with Crippen molar-refractivity contribution in [3.05, 3.63) is 28.2 Å². The number of nitrogens with one attached hydrogen (secondary N) is 1. The van der Waals surface area contributed by atoms with Crippen molar-refractivity contribution in [2.24, 2.45) is 0 Å². The van der Waals surface area contributed by atoms with E-state index < -0.39 is 0 Å². The van der Waals surface area contributed by atoms with Crippen LogP contribution in [0.4, 0.5) is 0 Å². The minimum atomic E-state index is -0.217. The Morgan fingerprint density at radius 2 is 2.00 bits per heavy atom. The lowest BCUT2D eigenvalue weighted by Crippen LogP contribution is -2.42. The van der Waals surface area contributed by atoms with Crippen molar-refractivity contribution in [3.63, 3.8) is 0 Å². The number of carbonyl (C=O) groups is 1. The van der Waals surface area contributed by atoms with Gasteiger partial charge in [0.1, 0.15) is 5.75 Å². The molecule has 0 saturated carbocycles. The Balaban J connectivity index is 2.75. The number of benzene rings is 1. The van der Waals surface area contributed by atoms with Crippen LogP contribution >= 0.6 is 15.9 Å². The first-order chi connectivity index (χ1) is 8.86. The van der Waals surface area contributed by atoms with Gasteiger partial charge in [-0.05, 0) is 47.5 Å². The lowest BCUT2D eigenvalue weighted by atomic mass is 10.1. The van der Waals surface area contributed by atoms with Gasteiger partial charge in [-0.1, -0.05) is 6.07 Å². The summed E-state index contributed by atoms with van der Waals surface area (Å²) in [4.78, 5) is 13.4. The molecule has 106 valence electrons. The number of hydrogen-bond donors (Lipinski definition) is 1. The number of nitrogens with zero attached hydrogens (tertiary/aromatic N) is 1. The number of hydrogen-bond acceptors (Lipinski definition) is 3. The Bertz CT molecular complexity index is 449. The predicted octanol–water partition coefficient (Wildman–Crippen LogP) is 2.59. The molecule has 1 N–H and O–H groups in total. The van der Waals surface area contributed by atoms with Crippen molar-refractivity contribution in [2.45, 2.75) is 25.9 Å². The Labute approximate surface area is 123 Å². The smallest absolute Gasteiger partial charge is 0.238 e. The van der Waals surface area contributed by atoms with Crippen molar-refractivity contribution in [1.82, 2.24) is 10.2 Å². The fourth-order valence-electron chi connectivity index (χ4n) is 1.88. The third-order valence-electron chi connectivity index (χ3n) is 2.99. The first-order valence-electron chi connectivity index (χ1n) is 6.17. The van der Waals surface area contributed by atoms with Crippen molar-refractivity contribution in [1.29, 1.82) is 0 Å². The molecule has 2 atom stereocenters. The van der Waals surface area contributed by atoms with Crippen LogP contribution < -0.4 is 10.1 Å². The van der Waals surface area contributed by atoms with Gasteiger partial charge >= 0.3 is 0 Å². The minimum Gasteiger partial charge on any atom is -0.496 e. The van der Waals surface area contributed by atoms with Gasteiger partial charge < -0.3 is 9.64 Å². The van der Waals surface area contributed by atoms with Crippen LogP contribution in [0, 0.1) is 0 Å². The van der Waals surface area contributed by atoms with Crippen molar-refractivity contribution in [3.8, 4) is 5.75 Å². The largest absolute Gasteiger partial charge is 0.496 e. The second-order valence-corrected chi connectivity index (χ2v) is 5.59. The zero-order valence-corrected chi connectivity index (χ0v) is 13.6. The van der Waals surface area contributed by atoms with E-state index in [2.05, 4.69) is 21.2 Å². The number of carbonyl (C=O) groups excluding carboxylic acids is 1. The molecule has 0 bridgehead atoms. The number of likely N-dealkylation sites (N-methyl/N-ethyl adjacent to an activating group) is 1. The number of methoxy groups -OCH3 is 1. The molecule has 0 aromatic heterocycles. The highest BCUT2D eigenvalue weighted by atomic mass is 79.9. The predicted molar refractivity (Wildman–Crippen MR) is 80.4 cm³/mol. The fourth-order valence-corrected chi connectivity index (χ4v) is 2.44. The van der Waals surface area contributed by atoms with Crippen LogP contribution in [0.5, 0.6) is 5.75 Å². The zero-order chi connectivity index (χ0) is 14.6. The molecule has 0 radical (unpaired) electrons. The maximum absolute atomic E-state index is 11.8. The first-order valence-corrected chi connectivity index (χ1v) is 6.96. The fraction of sp³-hybridized carbons (Fsp3) is 0.500. The summed E-state index contributed by atoms with van der Waals surface area (Å²) in [5, 5.41) is 3.29. The summed E-state index contributed by atoms with van der Waals surface area (Å²) in [6, 6.07) is 5.78. The van der Waals surface area contributed by atoms with Gasteiger partial charge in [0.05, 0.1) is 17.6 Å². The molecular weight excluding hydrogens is 308 g/mol. The van der Waals surface area contributed by atoms with Gasteiger partial charge in [0.15, 0.2) is 0 Å². The third kappa shape index (κ3) is 4.21. The van der Waals surface area contributed by atoms with E-state index in [1.807, 2.05) is 32.0 Å². The van der Waals surface area contributed by atoms with Crippen molar-refractivity contribution in [2.75, 3.05) is 21.2 Å². The Morgan fingerprint density at radius 3 is 2.47 bits per heavy atom. The molecule has 0 aliphatic carbocycles. The molecule has 1 aromatic rings. The molecule has 0 fully saturated rings. The maximum atomic E-state index is 11.8. The number of halogens is 1. The van der Waals surface area contributed by atoms with Crippen LogP contribution in [-0.4, -0.2) is 38.1 Å². The van der Waals surface area contributed by atoms with E-state index >= 15 is 0 Å². The molecule has 0 unspecified atom stereocenters. The van der Waals surface area contributed by atoms with Gasteiger partial charge in [-0.15, -0.1) is 0 Å². The van der Waals surface area contributed by atoms with Gasteiger partial charge in [-0.3, -0.25) is 10.1 Å². The minimum absolute atomic E-state index is 0.0689. The van der Waals surface area contributed by atoms with Gasteiger partial charge in [0.25, 0.3) is 0 Å². The number of rotatable bonds is 5. The molecule has 0 spiro atoms. The van der Waals surface area contributed by atoms with Gasteiger partial charge in [-0.2, -0.15) is 0 Å². The summed E-state index contributed by atoms with van der Waals surface area (Å²) < 4.78 is 6.11. The number of ether oxygens (including phenoxy) is 1. The lowest BCUT2D eigenvalue weighted by Gasteiger charge is -2.22. The Hall–Kier alpha value is -1.07. The molecular formula is C14H21BrN2O2. The van der Waals surface area contributed by atoms with E-state index in [0.29, 0.717) is 0 Å². The molecule has 0 saturated heterocycles. The van der Waals surface area contributed by atoms with Crippen LogP contribution in [0.3, 0.4) is 0 Å². The quantitative estimate of drug-likeness (QED) is 0.903. The molecule has 5 heteroatoms. The Kier molecular flexibility index (Phi) is 5.82. The molecule has 1 amide bonds. The van der Waals surface area contributed by atoms with Crippen LogP contribution in [0.15, 0.2) is 22.7 Å². The maximum Gasteiger partial charge on any atom is 0.238 e. The molecule has 19 heavy (non-hydrogen) atoms. The van der Waals surface area contributed by atoms with Gasteiger partial charge in [0, 0.05) is 20.1 Å². The zero-order valence-electron chi connectivity index (χ0n) is 12.0. The average molecular weight is 329 g/mol. The second kappa shape index (κ2) is 6.91. The third-order valence-corrected chi connectivity index (χ3v) is 3.61. The number of amides is 1. The molecule has 1 aromatic carbocycles. The van der Waals surface area contributed by atoms with E-state index in [0.717, 1.165) is 15.8 Å². The van der Waals surface area contributed by atoms with E-state index in [9.17, 15) is 4.79 Å². The van der Waals surface area contributed by atoms with Gasteiger partial charge in [0.2, 0.25) is 5.91 Å². The molecule has 0 aliphatic heterocycles. The summed E-state index contributed by atoms with van der Waals surface area (Å²) in [6.45, 7) is 3.91. The van der Waals surface area contributed by atoms with E-state index in [-0.39, 0.29) is 18.0 Å². The summed E-state index contributed by atoms with van der Waals surface area (Å²) in [5.74, 6) is 0.868. The topological polar surface area (TPSA) is 41.6 Å². The summed E-state index contributed by atoms with van der Waals surface area (Å²) in [6.07, 6.45) is 0. The van der Waals surface area contributed by atoms with Crippen LogP contribution in [0.2, 0.25) is 0 Å². The summed E-state index contributed by atoms with van der Waals surface area (Å²) in [5.41, 5.74) is 1.10. The van der Waals surface area contributed by atoms with Crippen molar-refractivity contribution >= 4 is 21.8 Å². The Morgan fingerprint density at radius 1 is 1.37 bits per heavy atom. The summed E-state index contributed by atoms with van der Waals surface area (Å²) >= 11 is 3.47. The van der Waals surface area contributed by atoms with Crippen LogP contribution in [0.1, 0.15) is 25.5 Å². The highest BCUT2D eigenvalue weighted by molar-refractivity contribution is 9.10. The molecule has 0 heterocycles. The monoisotopic (exact) mass is 328 g/mol. The highest BCUT2D eigenvalue weighted by Gasteiger charge is 2.18. The SMILES string of the molecule is COc1ccc([C@@H](C)N[C@H](C)C(=O)N(C)C)cc1Br. The average Bonchev–Trinajstić information content (AvgIpc) is 2.37. The summed E-state index contributed by atoms with van der Waals surface area (Å²) in [7, 11) is 5.16. The molecule has 1 rings (SSSR count).